The molecule has 5 nitrogen and oxygen atoms in total. The number of aromatic nitrogens is 3. The lowest BCUT2D eigenvalue weighted by Gasteiger charge is -2.07. The number of nitrogens with one attached hydrogen (secondary N) is 1. The summed E-state index contributed by atoms with van der Waals surface area (Å²) in [6.45, 7) is 0.564. The second kappa shape index (κ2) is 7.19. The van der Waals surface area contributed by atoms with Crippen molar-refractivity contribution in [1.82, 2.24) is 20.1 Å². The molecule has 4 aromatic rings. The Morgan fingerprint density at radius 3 is 2.62 bits per heavy atom. The molecule has 0 spiro atoms. The number of hydrogen-bond donors (Lipinski definition) is 1. The number of nitrogens with zero attached hydrogens (tertiary/aromatic N) is 3. The van der Waals surface area contributed by atoms with Crippen molar-refractivity contribution in [3.63, 3.8) is 0 Å². The van der Waals surface area contributed by atoms with E-state index in [2.05, 4.69) is 27.5 Å². The van der Waals surface area contributed by atoms with E-state index in [9.17, 15) is 4.79 Å². The number of pyridine rings is 1. The Bertz CT molecular complexity index is 1020. The van der Waals surface area contributed by atoms with Gasteiger partial charge in [0.25, 0.3) is 5.91 Å². The molecule has 0 radical (unpaired) electrons. The summed E-state index contributed by atoms with van der Waals surface area (Å²) in [4.78, 5) is 16.7. The number of fused-ring (bicyclic) bond motifs is 1. The van der Waals surface area contributed by atoms with Crippen LogP contribution in [0.2, 0.25) is 0 Å². The predicted molar refractivity (Wildman–Crippen MR) is 101 cm³/mol. The molecule has 0 bridgehead atoms. The van der Waals surface area contributed by atoms with E-state index in [0.29, 0.717) is 12.2 Å². The third-order valence-electron chi connectivity index (χ3n) is 4.24. The van der Waals surface area contributed by atoms with Gasteiger partial charge in [0.05, 0.1) is 11.2 Å². The summed E-state index contributed by atoms with van der Waals surface area (Å²) in [5.41, 5.74) is 3.45. The van der Waals surface area contributed by atoms with Crippen LogP contribution in [0.4, 0.5) is 0 Å². The van der Waals surface area contributed by atoms with Gasteiger partial charge in [-0.2, -0.15) is 5.10 Å². The molecule has 4 rings (SSSR count). The number of amides is 1. The zero-order valence-electron chi connectivity index (χ0n) is 14.2. The van der Waals surface area contributed by atoms with Crippen LogP contribution in [0, 0.1) is 0 Å². The van der Waals surface area contributed by atoms with E-state index in [0.717, 1.165) is 28.6 Å². The number of benzene rings is 2. The Morgan fingerprint density at radius 1 is 0.962 bits per heavy atom. The van der Waals surface area contributed by atoms with Crippen molar-refractivity contribution < 1.29 is 4.79 Å². The fraction of sp³-hybridized carbons (Fsp3) is 0.0952. The van der Waals surface area contributed by atoms with Gasteiger partial charge in [-0.25, -0.2) is 9.67 Å². The van der Waals surface area contributed by atoms with Crippen molar-refractivity contribution in [1.29, 1.82) is 0 Å². The van der Waals surface area contributed by atoms with Crippen LogP contribution < -0.4 is 5.32 Å². The number of rotatable bonds is 5. The molecular weight excluding hydrogens is 324 g/mol. The van der Waals surface area contributed by atoms with Gasteiger partial charge in [-0.05, 0) is 42.3 Å². The first-order valence-corrected chi connectivity index (χ1v) is 8.52. The second-order valence-electron chi connectivity index (χ2n) is 6.01. The van der Waals surface area contributed by atoms with E-state index in [1.54, 1.807) is 12.3 Å². The molecule has 5 heteroatoms. The fourth-order valence-electron chi connectivity index (χ4n) is 2.84. The quantitative estimate of drug-likeness (QED) is 0.605. The van der Waals surface area contributed by atoms with Gasteiger partial charge in [0.2, 0.25) is 0 Å². The Morgan fingerprint density at radius 2 is 1.81 bits per heavy atom. The smallest absolute Gasteiger partial charge is 0.269 e. The van der Waals surface area contributed by atoms with Crippen LogP contribution in [0.25, 0.3) is 16.6 Å². The number of para-hydroxylation sites is 1. The van der Waals surface area contributed by atoms with Crippen molar-refractivity contribution in [2.75, 3.05) is 6.54 Å². The van der Waals surface area contributed by atoms with Crippen LogP contribution in [0.1, 0.15) is 16.1 Å². The van der Waals surface area contributed by atoms with E-state index in [4.69, 9.17) is 0 Å². The van der Waals surface area contributed by atoms with Crippen LogP contribution in [0.15, 0.2) is 79.1 Å². The van der Waals surface area contributed by atoms with Crippen molar-refractivity contribution in [3.05, 3.63) is 90.4 Å². The Hall–Kier alpha value is -3.47. The van der Waals surface area contributed by atoms with Crippen LogP contribution in [0.5, 0.6) is 0 Å². The molecule has 0 aliphatic heterocycles. The maximum atomic E-state index is 12.3. The highest BCUT2D eigenvalue weighted by Crippen LogP contribution is 2.12. The van der Waals surface area contributed by atoms with Crippen molar-refractivity contribution in [2.24, 2.45) is 0 Å². The SMILES string of the molecule is O=C(NCCc1ccc(-n2cccn2)cc1)c1ccc2ccccc2n1. The Balaban J connectivity index is 1.35. The Labute approximate surface area is 151 Å². The zero-order chi connectivity index (χ0) is 17.8. The van der Waals surface area contributed by atoms with Gasteiger partial charge in [0, 0.05) is 24.3 Å². The minimum atomic E-state index is -0.149. The normalized spacial score (nSPS) is 10.8. The minimum absolute atomic E-state index is 0.149. The predicted octanol–water partition coefficient (Wildman–Crippen LogP) is 3.39. The standard InChI is InChI=1S/C21H18N4O/c26-21(20-11-8-17-4-1-2-5-19(17)24-20)22-14-12-16-6-9-18(10-7-16)25-15-3-13-23-25/h1-11,13,15H,12,14H2,(H,22,26). The van der Waals surface area contributed by atoms with Gasteiger partial charge in [0.15, 0.2) is 0 Å². The molecule has 0 fully saturated rings. The summed E-state index contributed by atoms with van der Waals surface area (Å²) in [5, 5.41) is 8.17. The van der Waals surface area contributed by atoms with Crippen LogP contribution in [-0.4, -0.2) is 27.2 Å². The summed E-state index contributed by atoms with van der Waals surface area (Å²) < 4.78 is 1.82. The average molecular weight is 342 g/mol. The highest BCUT2D eigenvalue weighted by Gasteiger charge is 2.07. The van der Waals surface area contributed by atoms with E-state index in [-0.39, 0.29) is 5.91 Å². The molecule has 0 aliphatic carbocycles. The fourth-order valence-corrected chi connectivity index (χ4v) is 2.84. The lowest BCUT2D eigenvalue weighted by Crippen LogP contribution is -2.26. The van der Waals surface area contributed by atoms with Crippen LogP contribution in [0.3, 0.4) is 0 Å². The maximum absolute atomic E-state index is 12.3. The van der Waals surface area contributed by atoms with Gasteiger partial charge in [-0.3, -0.25) is 4.79 Å². The highest BCUT2D eigenvalue weighted by molar-refractivity contribution is 5.94. The van der Waals surface area contributed by atoms with E-state index >= 15 is 0 Å². The third-order valence-corrected chi connectivity index (χ3v) is 4.24. The monoisotopic (exact) mass is 342 g/mol. The second-order valence-corrected chi connectivity index (χ2v) is 6.01. The first kappa shape index (κ1) is 16.0. The lowest BCUT2D eigenvalue weighted by atomic mass is 10.1. The average Bonchev–Trinajstić information content (AvgIpc) is 3.23. The van der Waals surface area contributed by atoms with Gasteiger partial charge in [0.1, 0.15) is 5.69 Å². The first-order chi connectivity index (χ1) is 12.8. The molecule has 128 valence electrons. The van der Waals surface area contributed by atoms with E-state index in [1.165, 1.54) is 0 Å². The molecule has 0 saturated heterocycles. The highest BCUT2D eigenvalue weighted by atomic mass is 16.1. The van der Waals surface area contributed by atoms with Gasteiger partial charge in [-0.15, -0.1) is 0 Å². The zero-order valence-corrected chi connectivity index (χ0v) is 14.2. The van der Waals surface area contributed by atoms with E-state index in [1.807, 2.05) is 59.4 Å². The van der Waals surface area contributed by atoms with E-state index < -0.39 is 0 Å². The summed E-state index contributed by atoms with van der Waals surface area (Å²) in [6, 6.07) is 21.5. The van der Waals surface area contributed by atoms with Gasteiger partial charge < -0.3 is 5.32 Å². The molecule has 2 aromatic carbocycles. The Kier molecular flexibility index (Phi) is 4.43. The molecule has 1 amide bonds. The first-order valence-electron chi connectivity index (χ1n) is 8.52. The minimum Gasteiger partial charge on any atom is -0.350 e. The maximum Gasteiger partial charge on any atom is 0.269 e. The molecule has 0 aliphatic rings. The van der Waals surface area contributed by atoms with Crippen molar-refractivity contribution in [3.8, 4) is 5.69 Å². The summed E-state index contributed by atoms with van der Waals surface area (Å²) in [5.74, 6) is -0.149. The molecule has 0 saturated carbocycles. The largest absolute Gasteiger partial charge is 0.350 e. The molecule has 2 aromatic heterocycles. The molecule has 1 N–H and O–H groups in total. The van der Waals surface area contributed by atoms with Gasteiger partial charge >= 0.3 is 0 Å². The van der Waals surface area contributed by atoms with Crippen molar-refractivity contribution in [2.45, 2.75) is 6.42 Å². The number of hydrogen-bond acceptors (Lipinski definition) is 3. The van der Waals surface area contributed by atoms with Crippen LogP contribution in [-0.2, 0) is 6.42 Å². The summed E-state index contributed by atoms with van der Waals surface area (Å²) in [6.07, 6.45) is 4.43. The summed E-state index contributed by atoms with van der Waals surface area (Å²) >= 11 is 0. The van der Waals surface area contributed by atoms with Crippen molar-refractivity contribution >= 4 is 16.8 Å². The van der Waals surface area contributed by atoms with Crippen LogP contribution >= 0.6 is 0 Å². The number of carbonyl (C=O) groups excluding carboxylic acids is 1. The molecule has 26 heavy (non-hydrogen) atoms. The lowest BCUT2D eigenvalue weighted by molar-refractivity contribution is 0.0949. The summed E-state index contributed by atoms with van der Waals surface area (Å²) in [7, 11) is 0. The topological polar surface area (TPSA) is 59.8 Å². The molecule has 2 heterocycles. The molecule has 0 unspecified atom stereocenters. The molecule has 0 atom stereocenters. The molecular formula is C21H18N4O. The third kappa shape index (κ3) is 3.47. The number of carbonyl (C=O) groups is 1. The van der Waals surface area contributed by atoms with Gasteiger partial charge in [-0.1, -0.05) is 36.4 Å².